The summed E-state index contributed by atoms with van der Waals surface area (Å²) >= 11 is 0. The zero-order valence-electron chi connectivity index (χ0n) is 14.8. The molecule has 0 aliphatic heterocycles. The van der Waals surface area contributed by atoms with Crippen molar-refractivity contribution in [1.82, 2.24) is 5.43 Å². The molecule has 0 heterocycles. The van der Waals surface area contributed by atoms with Gasteiger partial charge in [0.1, 0.15) is 17.3 Å². The maximum atomic E-state index is 12.8. The van der Waals surface area contributed by atoms with Crippen LogP contribution in [-0.2, 0) is 16.0 Å². The first kappa shape index (κ1) is 19.9. The van der Waals surface area contributed by atoms with E-state index in [0.717, 1.165) is 0 Å². The molecule has 0 bridgehead atoms. The fraction of sp³-hybridized carbons (Fsp3) is 0.211. The van der Waals surface area contributed by atoms with Crippen molar-refractivity contribution in [2.24, 2.45) is 5.10 Å². The number of nitrogens with zero attached hydrogens (tertiary/aromatic N) is 1. The lowest BCUT2D eigenvalue weighted by Gasteiger charge is -2.11. The highest BCUT2D eigenvalue weighted by Crippen LogP contribution is 2.20. The molecule has 8 heteroatoms. The lowest BCUT2D eigenvalue weighted by Crippen LogP contribution is -2.26. The van der Waals surface area contributed by atoms with Crippen LogP contribution in [0, 0.1) is 5.82 Å². The van der Waals surface area contributed by atoms with Gasteiger partial charge in [-0.25, -0.2) is 9.82 Å². The number of amides is 1. The number of carboxylic acids is 1. The van der Waals surface area contributed by atoms with Gasteiger partial charge in [0.2, 0.25) is 0 Å². The number of carbonyl (C=O) groups excluding carboxylic acids is 2. The molecule has 27 heavy (non-hydrogen) atoms. The Hall–Kier alpha value is -3.42. The third-order valence-corrected chi connectivity index (χ3v) is 3.56. The summed E-state index contributed by atoms with van der Waals surface area (Å²) in [6.07, 6.45) is -0.303. The van der Waals surface area contributed by atoms with Gasteiger partial charge in [0, 0.05) is 18.0 Å². The lowest BCUT2D eigenvalue weighted by atomic mass is 10.0. The Morgan fingerprint density at radius 1 is 1.19 bits per heavy atom. The Labute approximate surface area is 155 Å². The molecule has 0 fully saturated rings. The van der Waals surface area contributed by atoms with Crippen LogP contribution in [0.3, 0.4) is 0 Å². The number of halogens is 1. The van der Waals surface area contributed by atoms with E-state index in [2.05, 4.69) is 10.5 Å². The van der Waals surface area contributed by atoms with E-state index in [1.54, 1.807) is 25.1 Å². The molecule has 0 aliphatic rings. The van der Waals surface area contributed by atoms with Gasteiger partial charge in [-0.3, -0.25) is 4.79 Å². The predicted octanol–water partition coefficient (Wildman–Crippen LogP) is 1.05. The van der Waals surface area contributed by atoms with Crippen molar-refractivity contribution in [3.8, 4) is 11.5 Å². The van der Waals surface area contributed by atoms with Gasteiger partial charge in [-0.1, -0.05) is 0 Å². The number of hydrogen-bond donors (Lipinski definition) is 1. The van der Waals surface area contributed by atoms with Crippen LogP contribution in [0.15, 0.2) is 47.6 Å². The van der Waals surface area contributed by atoms with Gasteiger partial charge in [-0.2, -0.15) is 5.10 Å². The minimum Gasteiger partial charge on any atom is -0.550 e. The van der Waals surface area contributed by atoms with E-state index < -0.39 is 17.7 Å². The Morgan fingerprint density at radius 2 is 1.89 bits per heavy atom. The standard InChI is InChI=1S/C19H19FN2O5/c1-12(13-3-8-17(26-2)14(9-13)10-19(24)25)21-22-18(23)11-27-16-6-4-15(20)5-7-16/h3-9H,10-11H2,1-2H3,(H,22,23)(H,24,25)/p-1/b21-12-. The van der Waals surface area contributed by atoms with Crippen molar-refractivity contribution in [1.29, 1.82) is 0 Å². The van der Waals surface area contributed by atoms with Crippen LogP contribution in [0.2, 0.25) is 0 Å². The van der Waals surface area contributed by atoms with E-state index in [9.17, 15) is 19.1 Å². The fourth-order valence-corrected chi connectivity index (χ4v) is 2.22. The van der Waals surface area contributed by atoms with Gasteiger partial charge in [-0.05, 0) is 55.0 Å². The molecule has 142 valence electrons. The second-order valence-corrected chi connectivity index (χ2v) is 5.55. The van der Waals surface area contributed by atoms with Crippen LogP contribution >= 0.6 is 0 Å². The second kappa shape index (κ2) is 9.33. The van der Waals surface area contributed by atoms with E-state index in [0.29, 0.717) is 28.3 Å². The van der Waals surface area contributed by atoms with Crippen molar-refractivity contribution in [3.63, 3.8) is 0 Å². The number of benzene rings is 2. The molecule has 1 N–H and O–H groups in total. The highest BCUT2D eigenvalue weighted by molar-refractivity contribution is 5.99. The number of rotatable bonds is 8. The highest BCUT2D eigenvalue weighted by atomic mass is 19.1. The number of hydrogen-bond acceptors (Lipinski definition) is 6. The third-order valence-electron chi connectivity index (χ3n) is 3.56. The Kier molecular flexibility index (Phi) is 6.87. The minimum atomic E-state index is -1.23. The number of carboxylic acid groups (broad SMARTS) is 1. The van der Waals surface area contributed by atoms with Crippen molar-refractivity contribution in [2.45, 2.75) is 13.3 Å². The van der Waals surface area contributed by atoms with Crippen LogP contribution in [-0.4, -0.2) is 31.3 Å². The van der Waals surface area contributed by atoms with Gasteiger partial charge in [0.25, 0.3) is 5.91 Å². The van der Waals surface area contributed by atoms with Gasteiger partial charge in [0.15, 0.2) is 6.61 Å². The van der Waals surface area contributed by atoms with Crippen molar-refractivity contribution in [3.05, 3.63) is 59.4 Å². The van der Waals surface area contributed by atoms with E-state index in [1.807, 2.05) is 0 Å². The van der Waals surface area contributed by atoms with E-state index in [1.165, 1.54) is 31.4 Å². The zero-order valence-corrected chi connectivity index (χ0v) is 14.8. The van der Waals surface area contributed by atoms with Gasteiger partial charge >= 0.3 is 0 Å². The molecule has 0 aliphatic carbocycles. The Balaban J connectivity index is 1.98. The molecule has 2 aromatic rings. The molecule has 2 rings (SSSR count). The fourth-order valence-electron chi connectivity index (χ4n) is 2.22. The Morgan fingerprint density at radius 3 is 2.52 bits per heavy atom. The molecule has 0 saturated carbocycles. The lowest BCUT2D eigenvalue weighted by molar-refractivity contribution is -0.304. The monoisotopic (exact) mass is 373 g/mol. The van der Waals surface area contributed by atoms with Crippen molar-refractivity contribution < 1.29 is 28.6 Å². The molecule has 7 nitrogen and oxygen atoms in total. The maximum absolute atomic E-state index is 12.8. The molecule has 0 radical (unpaired) electrons. The highest BCUT2D eigenvalue weighted by Gasteiger charge is 2.08. The summed E-state index contributed by atoms with van der Waals surface area (Å²) in [5, 5.41) is 14.8. The van der Waals surface area contributed by atoms with Crippen LogP contribution < -0.4 is 20.0 Å². The SMILES string of the molecule is COc1ccc(/C(C)=N\NC(=O)COc2ccc(F)cc2)cc1CC(=O)[O-]. The number of hydrazone groups is 1. The summed E-state index contributed by atoms with van der Waals surface area (Å²) in [4.78, 5) is 22.7. The smallest absolute Gasteiger partial charge is 0.277 e. The molecular formula is C19H18FN2O5-. The molecule has 2 aromatic carbocycles. The summed E-state index contributed by atoms with van der Waals surface area (Å²) in [6.45, 7) is 1.37. The van der Waals surface area contributed by atoms with E-state index in [4.69, 9.17) is 9.47 Å². The minimum absolute atomic E-state index is 0.291. The maximum Gasteiger partial charge on any atom is 0.277 e. The second-order valence-electron chi connectivity index (χ2n) is 5.55. The first-order valence-corrected chi connectivity index (χ1v) is 7.97. The number of ether oxygens (including phenoxy) is 2. The first-order chi connectivity index (χ1) is 12.9. The molecule has 0 saturated heterocycles. The van der Waals surface area contributed by atoms with Gasteiger partial charge in [0.05, 0.1) is 12.8 Å². The third kappa shape index (κ3) is 6.10. The molecule has 0 atom stereocenters. The molecule has 1 amide bonds. The van der Waals surface area contributed by atoms with Crippen LogP contribution in [0.4, 0.5) is 4.39 Å². The predicted molar refractivity (Wildman–Crippen MR) is 94.0 cm³/mol. The van der Waals surface area contributed by atoms with Crippen LogP contribution in [0.5, 0.6) is 11.5 Å². The summed E-state index contributed by atoms with van der Waals surface area (Å²) in [7, 11) is 1.44. The van der Waals surface area contributed by atoms with Crippen molar-refractivity contribution in [2.75, 3.05) is 13.7 Å². The van der Waals surface area contributed by atoms with E-state index >= 15 is 0 Å². The number of nitrogens with one attached hydrogen (secondary N) is 1. The summed E-state index contributed by atoms with van der Waals surface area (Å²) < 4.78 is 23.1. The molecular weight excluding hydrogens is 355 g/mol. The number of aliphatic carboxylic acids is 1. The average molecular weight is 373 g/mol. The molecule has 0 unspecified atom stereocenters. The van der Waals surface area contributed by atoms with Crippen LogP contribution in [0.25, 0.3) is 0 Å². The zero-order chi connectivity index (χ0) is 19.8. The average Bonchev–Trinajstić information content (AvgIpc) is 2.65. The topological polar surface area (TPSA) is 100 Å². The van der Waals surface area contributed by atoms with Crippen molar-refractivity contribution >= 4 is 17.6 Å². The largest absolute Gasteiger partial charge is 0.550 e. The van der Waals surface area contributed by atoms with Gasteiger partial charge in [-0.15, -0.1) is 0 Å². The summed E-state index contributed by atoms with van der Waals surface area (Å²) in [6, 6.07) is 10.2. The van der Waals surface area contributed by atoms with E-state index in [-0.39, 0.29) is 13.0 Å². The number of methoxy groups -OCH3 is 1. The quantitative estimate of drug-likeness (QED) is 0.551. The summed E-state index contributed by atoms with van der Waals surface area (Å²) in [5.41, 5.74) is 3.86. The first-order valence-electron chi connectivity index (χ1n) is 7.97. The normalized spacial score (nSPS) is 11.0. The van der Waals surface area contributed by atoms with Crippen LogP contribution in [0.1, 0.15) is 18.1 Å². The molecule has 0 aromatic heterocycles. The Bertz CT molecular complexity index is 850. The summed E-state index contributed by atoms with van der Waals surface area (Å²) in [5.74, 6) is -1.35. The number of carbonyl (C=O) groups is 2. The molecule has 0 spiro atoms. The van der Waals surface area contributed by atoms with Gasteiger partial charge < -0.3 is 19.4 Å².